The third kappa shape index (κ3) is 4.43. The van der Waals surface area contributed by atoms with Crippen LogP contribution < -0.4 is 0 Å². The quantitative estimate of drug-likeness (QED) is 0.507. The van der Waals surface area contributed by atoms with Crippen LogP contribution in [0.15, 0.2) is 53.0 Å². The lowest BCUT2D eigenvalue weighted by Crippen LogP contribution is -2.11. The van der Waals surface area contributed by atoms with E-state index < -0.39 is 0 Å². The molecule has 0 N–H and O–H groups in total. The maximum atomic E-state index is 3.67. The van der Waals surface area contributed by atoms with E-state index in [2.05, 4.69) is 101 Å². The van der Waals surface area contributed by atoms with Crippen LogP contribution in [0.25, 0.3) is 0 Å². The van der Waals surface area contributed by atoms with E-state index in [0.29, 0.717) is 5.92 Å². The van der Waals surface area contributed by atoms with E-state index in [9.17, 15) is 0 Å². The zero-order valence-electron chi connectivity index (χ0n) is 12.9. The van der Waals surface area contributed by atoms with Crippen molar-refractivity contribution in [3.63, 3.8) is 0 Å². The molecule has 0 amide bonds. The first-order valence-corrected chi connectivity index (χ1v) is 9.23. The predicted octanol–water partition coefficient (Wildman–Crippen LogP) is 6.47. The Hall–Kier alpha value is -0.600. The van der Waals surface area contributed by atoms with Crippen molar-refractivity contribution in [1.82, 2.24) is 0 Å². The molecule has 0 saturated carbocycles. The van der Waals surface area contributed by atoms with Crippen LogP contribution in [0.2, 0.25) is 0 Å². The molecule has 0 spiro atoms. The highest BCUT2D eigenvalue weighted by atomic mass is 79.9. The Morgan fingerprint density at radius 1 is 0.952 bits per heavy atom. The molecule has 0 aromatic heterocycles. The fourth-order valence-corrected chi connectivity index (χ4v) is 3.67. The van der Waals surface area contributed by atoms with Gasteiger partial charge in [0.15, 0.2) is 0 Å². The molecule has 2 heteroatoms. The van der Waals surface area contributed by atoms with E-state index in [4.69, 9.17) is 0 Å². The van der Waals surface area contributed by atoms with Crippen molar-refractivity contribution in [3.8, 4) is 0 Å². The summed E-state index contributed by atoms with van der Waals surface area (Å²) in [6.07, 6.45) is 1.05. The van der Waals surface area contributed by atoms with Crippen LogP contribution in [0.4, 0.5) is 0 Å². The Balaban J connectivity index is 2.18. The largest absolute Gasteiger partial charge is 0.0921 e. The van der Waals surface area contributed by atoms with Gasteiger partial charge < -0.3 is 0 Å². The minimum atomic E-state index is 0.218. The first-order valence-electron chi connectivity index (χ1n) is 7.31. The smallest absolute Gasteiger partial charge is 0.0210 e. The summed E-state index contributed by atoms with van der Waals surface area (Å²) in [5.41, 5.74) is 4.37. The van der Waals surface area contributed by atoms with Gasteiger partial charge in [0.2, 0.25) is 0 Å². The van der Waals surface area contributed by atoms with Crippen molar-refractivity contribution in [2.24, 2.45) is 0 Å². The Morgan fingerprint density at radius 3 is 2.10 bits per heavy atom. The molecule has 0 bridgehead atoms. The maximum Gasteiger partial charge on any atom is 0.0210 e. The number of halogens is 2. The van der Waals surface area contributed by atoms with Crippen LogP contribution in [0.1, 0.15) is 43.4 Å². The molecule has 0 aliphatic heterocycles. The lowest BCUT2D eigenvalue weighted by molar-refractivity contribution is 0.589. The monoisotopic (exact) mass is 408 g/mol. The Kier molecular flexibility index (Phi) is 5.67. The van der Waals surface area contributed by atoms with Gasteiger partial charge in [-0.05, 0) is 40.5 Å². The molecule has 0 aliphatic carbocycles. The highest BCUT2D eigenvalue weighted by Crippen LogP contribution is 2.30. The number of rotatable bonds is 4. The third-order valence-corrected chi connectivity index (χ3v) is 5.34. The molecular weight excluding hydrogens is 388 g/mol. The second-order valence-corrected chi connectivity index (χ2v) is 8.03. The van der Waals surface area contributed by atoms with Gasteiger partial charge in [-0.15, -0.1) is 0 Å². The van der Waals surface area contributed by atoms with Gasteiger partial charge >= 0.3 is 0 Å². The summed E-state index contributed by atoms with van der Waals surface area (Å²) in [7, 11) is 0. The van der Waals surface area contributed by atoms with E-state index in [1.807, 2.05) is 0 Å². The molecule has 0 heterocycles. The average molecular weight is 410 g/mol. The number of hydrogen-bond donors (Lipinski definition) is 0. The summed E-state index contributed by atoms with van der Waals surface area (Å²) >= 11 is 7.34. The predicted molar refractivity (Wildman–Crippen MR) is 99.5 cm³/mol. The molecular formula is C19H22Br2. The fourth-order valence-electron chi connectivity index (χ4n) is 2.48. The molecule has 0 saturated heterocycles. The van der Waals surface area contributed by atoms with Crippen LogP contribution in [-0.4, -0.2) is 5.33 Å². The molecule has 0 radical (unpaired) electrons. The first-order chi connectivity index (χ1) is 9.91. The van der Waals surface area contributed by atoms with E-state index in [1.165, 1.54) is 21.2 Å². The van der Waals surface area contributed by atoms with Crippen LogP contribution >= 0.6 is 31.9 Å². The lowest BCUT2D eigenvalue weighted by Gasteiger charge is -2.20. The molecule has 0 aliphatic rings. The molecule has 112 valence electrons. The summed E-state index contributed by atoms with van der Waals surface area (Å²) < 4.78 is 1.20. The summed E-state index contributed by atoms with van der Waals surface area (Å²) in [4.78, 5) is 0. The minimum absolute atomic E-state index is 0.218. The summed E-state index contributed by atoms with van der Waals surface area (Å²) in [6, 6.07) is 17.6. The Labute approximate surface area is 145 Å². The normalized spacial score (nSPS) is 13.2. The van der Waals surface area contributed by atoms with Crippen LogP contribution in [-0.2, 0) is 11.8 Å². The van der Waals surface area contributed by atoms with Crippen LogP contribution in [0.3, 0.4) is 0 Å². The van der Waals surface area contributed by atoms with Gasteiger partial charge in [0, 0.05) is 9.80 Å². The topological polar surface area (TPSA) is 0 Å². The number of alkyl halides is 1. The molecule has 1 atom stereocenters. The summed E-state index contributed by atoms with van der Waals surface area (Å²) in [5, 5.41) is 0.969. The van der Waals surface area contributed by atoms with E-state index in [-0.39, 0.29) is 5.41 Å². The molecule has 21 heavy (non-hydrogen) atoms. The van der Waals surface area contributed by atoms with E-state index in [0.717, 1.165) is 11.8 Å². The third-order valence-electron chi connectivity index (χ3n) is 3.83. The minimum Gasteiger partial charge on any atom is -0.0921 e. The second-order valence-electron chi connectivity index (χ2n) is 6.52. The fraction of sp³-hybridized carbons (Fsp3) is 0.368. The number of hydrogen-bond acceptors (Lipinski definition) is 0. The van der Waals surface area contributed by atoms with Gasteiger partial charge in [-0.1, -0.05) is 95.1 Å². The van der Waals surface area contributed by atoms with Crippen molar-refractivity contribution in [1.29, 1.82) is 0 Å². The van der Waals surface area contributed by atoms with Crippen molar-refractivity contribution in [3.05, 3.63) is 69.7 Å². The standard InChI is InChI=1S/C19H22Br2/c1-19(2,3)16-10-8-14(9-11-16)12-15(13-20)17-6-4-5-7-18(17)21/h4-11,15H,12-13H2,1-3H3. The van der Waals surface area contributed by atoms with Crippen LogP contribution in [0, 0.1) is 0 Å². The summed E-state index contributed by atoms with van der Waals surface area (Å²) in [6.45, 7) is 6.76. The van der Waals surface area contributed by atoms with Gasteiger partial charge in [0.25, 0.3) is 0 Å². The molecule has 0 nitrogen and oxygen atoms in total. The van der Waals surface area contributed by atoms with Crippen LogP contribution in [0.5, 0.6) is 0 Å². The van der Waals surface area contributed by atoms with Crippen molar-refractivity contribution in [2.45, 2.75) is 38.5 Å². The molecule has 2 aromatic carbocycles. The zero-order chi connectivity index (χ0) is 15.5. The average Bonchev–Trinajstić information content (AvgIpc) is 2.45. The number of benzene rings is 2. The SMILES string of the molecule is CC(C)(C)c1ccc(CC(CBr)c2ccccc2Br)cc1. The molecule has 1 unspecified atom stereocenters. The highest BCUT2D eigenvalue weighted by Gasteiger charge is 2.16. The van der Waals surface area contributed by atoms with Crippen molar-refractivity contribution in [2.75, 3.05) is 5.33 Å². The van der Waals surface area contributed by atoms with Crippen molar-refractivity contribution < 1.29 is 0 Å². The molecule has 2 aromatic rings. The van der Waals surface area contributed by atoms with E-state index >= 15 is 0 Å². The first kappa shape index (κ1) is 16.8. The zero-order valence-corrected chi connectivity index (χ0v) is 16.0. The highest BCUT2D eigenvalue weighted by molar-refractivity contribution is 9.10. The van der Waals surface area contributed by atoms with Gasteiger partial charge in [-0.25, -0.2) is 0 Å². The van der Waals surface area contributed by atoms with Gasteiger partial charge in [0.1, 0.15) is 0 Å². The van der Waals surface area contributed by atoms with Gasteiger partial charge in [0.05, 0.1) is 0 Å². The van der Waals surface area contributed by atoms with Crippen molar-refractivity contribution >= 4 is 31.9 Å². The summed E-state index contributed by atoms with van der Waals surface area (Å²) in [5.74, 6) is 0.487. The lowest BCUT2D eigenvalue weighted by atomic mass is 9.85. The molecule has 0 fully saturated rings. The Bertz CT molecular complexity index is 579. The van der Waals surface area contributed by atoms with Gasteiger partial charge in [-0.2, -0.15) is 0 Å². The van der Waals surface area contributed by atoms with E-state index in [1.54, 1.807) is 0 Å². The second kappa shape index (κ2) is 7.11. The molecule has 2 rings (SSSR count). The van der Waals surface area contributed by atoms with Gasteiger partial charge in [-0.3, -0.25) is 0 Å². The maximum absolute atomic E-state index is 3.67. The Morgan fingerprint density at radius 2 is 1.57 bits per heavy atom.